The van der Waals surface area contributed by atoms with E-state index in [1.54, 1.807) is 6.92 Å². The van der Waals surface area contributed by atoms with Crippen molar-refractivity contribution >= 4 is 29.2 Å². The van der Waals surface area contributed by atoms with E-state index in [9.17, 15) is 14.3 Å². The van der Waals surface area contributed by atoms with Crippen LogP contribution in [0.25, 0.3) is 0 Å². The summed E-state index contributed by atoms with van der Waals surface area (Å²) < 4.78 is 18.2. The Labute approximate surface area is 121 Å². The van der Waals surface area contributed by atoms with Crippen LogP contribution >= 0.6 is 23.2 Å². The number of aliphatic hydroxyl groups is 1. The normalized spacial score (nSPS) is 14.0. The van der Waals surface area contributed by atoms with Gasteiger partial charge in [0, 0.05) is 17.0 Å². The van der Waals surface area contributed by atoms with Gasteiger partial charge in [-0.05, 0) is 32.4 Å². The molecule has 0 aliphatic rings. The Kier molecular flexibility index (Phi) is 5.59. The van der Waals surface area contributed by atoms with Crippen molar-refractivity contribution in [2.24, 2.45) is 0 Å². The summed E-state index contributed by atoms with van der Waals surface area (Å²) in [5.41, 5.74) is -1.24. The highest BCUT2D eigenvalue weighted by molar-refractivity contribution is 6.35. The van der Waals surface area contributed by atoms with Crippen molar-refractivity contribution in [3.05, 3.63) is 33.6 Å². The first-order valence-electron chi connectivity index (χ1n) is 5.81. The van der Waals surface area contributed by atoms with Gasteiger partial charge in [-0.3, -0.25) is 4.79 Å². The fourth-order valence-corrected chi connectivity index (χ4v) is 2.24. The predicted octanol–water partition coefficient (Wildman–Crippen LogP) is 3.68. The van der Waals surface area contributed by atoms with Gasteiger partial charge in [-0.2, -0.15) is 0 Å². The molecule has 0 spiro atoms. The molecular formula is C13H15Cl2FO3. The van der Waals surface area contributed by atoms with Gasteiger partial charge in [0.2, 0.25) is 0 Å². The van der Waals surface area contributed by atoms with Crippen LogP contribution in [0.2, 0.25) is 10.0 Å². The minimum atomic E-state index is -1.44. The van der Waals surface area contributed by atoms with Crippen LogP contribution in [-0.4, -0.2) is 17.7 Å². The first kappa shape index (κ1) is 16.2. The molecule has 19 heavy (non-hydrogen) atoms. The zero-order valence-corrected chi connectivity index (χ0v) is 12.2. The molecule has 106 valence electrons. The van der Waals surface area contributed by atoms with Crippen LogP contribution in [0, 0.1) is 5.82 Å². The van der Waals surface area contributed by atoms with Crippen LogP contribution < -0.4 is 0 Å². The lowest BCUT2D eigenvalue weighted by Gasteiger charge is -2.24. The molecule has 0 aliphatic carbocycles. The van der Waals surface area contributed by atoms with Gasteiger partial charge < -0.3 is 9.84 Å². The van der Waals surface area contributed by atoms with Crippen molar-refractivity contribution in [2.75, 3.05) is 6.61 Å². The minimum absolute atomic E-state index is 0.0153. The molecule has 0 aromatic heterocycles. The highest BCUT2D eigenvalue weighted by atomic mass is 35.5. The van der Waals surface area contributed by atoms with E-state index in [1.807, 2.05) is 0 Å². The topological polar surface area (TPSA) is 46.5 Å². The Bertz CT molecular complexity index is 475. The van der Waals surface area contributed by atoms with Gasteiger partial charge in [-0.1, -0.05) is 23.2 Å². The number of hydrogen-bond acceptors (Lipinski definition) is 3. The third-order valence-electron chi connectivity index (χ3n) is 2.71. The van der Waals surface area contributed by atoms with Crippen molar-refractivity contribution in [1.82, 2.24) is 0 Å². The van der Waals surface area contributed by atoms with Crippen LogP contribution in [0.5, 0.6) is 0 Å². The molecule has 6 heteroatoms. The molecule has 1 aromatic rings. The quantitative estimate of drug-likeness (QED) is 0.666. The minimum Gasteiger partial charge on any atom is -0.466 e. The highest BCUT2D eigenvalue weighted by Gasteiger charge is 2.28. The van der Waals surface area contributed by atoms with Crippen molar-refractivity contribution in [2.45, 2.75) is 32.3 Å². The Morgan fingerprint density at radius 3 is 2.63 bits per heavy atom. The molecule has 0 amide bonds. The third kappa shape index (κ3) is 4.34. The van der Waals surface area contributed by atoms with Crippen LogP contribution in [-0.2, 0) is 15.1 Å². The lowest BCUT2D eigenvalue weighted by molar-refractivity contribution is -0.144. The van der Waals surface area contributed by atoms with Crippen molar-refractivity contribution in [3.8, 4) is 0 Å². The maximum Gasteiger partial charge on any atom is 0.305 e. The highest BCUT2D eigenvalue weighted by Crippen LogP contribution is 2.34. The van der Waals surface area contributed by atoms with Crippen molar-refractivity contribution < 1.29 is 19.0 Å². The molecule has 0 saturated carbocycles. The number of esters is 1. The van der Waals surface area contributed by atoms with Crippen molar-refractivity contribution in [1.29, 1.82) is 0 Å². The summed E-state index contributed by atoms with van der Waals surface area (Å²) >= 11 is 11.5. The first-order valence-corrected chi connectivity index (χ1v) is 6.56. The number of hydrogen-bond donors (Lipinski definition) is 1. The summed E-state index contributed by atoms with van der Waals surface area (Å²) in [5, 5.41) is 10.3. The summed E-state index contributed by atoms with van der Waals surface area (Å²) in [4.78, 5) is 11.3. The number of benzene rings is 1. The molecule has 0 radical (unpaired) electrons. The number of rotatable bonds is 5. The van der Waals surface area contributed by atoms with Gasteiger partial charge in [0.1, 0.15) is 5.82 Å². The van der Waals surface area contributed by atoms with Crippen molar-refractivity contribution in [3.63, 3.8) is 0 Å². The Morgan fingerprint density at radius 1 is 1.42 bits per heavy atom. The maximum absolute atomic E-state index is 13.4. The molecule has 1 unspecified atom stereocenters. The van der Waals surface area contributed by atoms with E-state index in [0.717, 1.165) is 6.07 Å². The zero-order chi connectivity index (χ0) is 14.6. The van der Waals surface area contributed by atoms with E-state index >= 15 is 0 Å². The lowest BCUT2D eigenvalue weighted by Crippen LogP contribution is -2.23. The second-order valence-electron chi connectivity index (χ2n) is 4.33. The molecule has 0 saturated heterocycles. The predicted molar refractivity (Wildman–Crippen MR) is 71.9 cm³/mol. The Hall–Kier alpha value is -0.840. The second kappa shape index (κ2) is 6.55. The van der Waals surface area contributed by atoms with Crippen LogP contribution in [0.4, 0.5) is 4.39 Å². The fraction of sp³-hybridized carbons (Fsp3) is 0.462. The summed E-state index contributed by atoms with van der Waals surface area (Å²) in [6.45, 7) is 3.43. The Morgan fingerprint density at radius 2 is 2.05 bits per heavy atom. The van der Waals surface area contributed by atoms with E-state index in [4.69, 9.17) is 27.9 Å². The summed E-state index contributed by atoms with van der Waals surface area (Å²) in [7, 11) is 0. The molecule has 1 rings (SSSR count). The smallest absolute Gasteiger partial charge is 0.305 e. The third-order valence-corrected chi connectivity index (χ3v) is 3.31. The zero-order valence-electron chi connectivity index (χ0n) is 10.7. The molecule has 0 heterocycles. The molecular weight excluding hydrogens is 294 g/mol. The molecule has 0 fully saturated rings. The lowest BCUT2D eigenvalue weighted by atomic mass is 9.91. The number of carbonyl (C=O) groups is 1. The van der Waals surface area contributed by atoms with E-state index < -0.39 is 17.4 Å². The fourth-order valence-electron chi connectivity index (χ4n) is 1.65. The van der Waals surface area contributed by atoms with Gasteiger partial charge in [0.15, 0.2) is 0 Å². The molecule has 1 atom stereocenters. The van der Waals surface area contributed by atoms with Crippen LogP contribution in [0.1, 0.15) is 32.3 Å². The summed E-state index contributed by atoms with van der Waals surface area (Å²) in [6, 6.07) is 2.31. The molecule has 3 nitrogen and oxygen atoms in total. The van der Waals surface area contributed by atoms with E-state index in [0.29, 0.717) is 0 Å². The standard InChI is InChI=1S/C13H15Cl2FO3/c1-3-19-12(17)4-5-13(2,18)8-6-11(16)10(15)7-9(8)14/h6-7,18H,3-5H2,1-2H3. The van der Waals surface area contributed by atoms with E-state index in [2.05, 4.69) is 0 Å². The summed E-state index contributed by atoms with van der Waals surface area (Å²) in [6.07, 6.45) is 0.0913. The average molecular weight is 309 g/mol. The van der Waals surface area contributed by atoms with Gasteiger partial charge in [-0.15, -0.1) is 0 Å². The van der Waals surface area contributed by atoms with E-state index in [-0.39, 0.29) is 35.1 Å². The number of halogens is 3. The molecule has 0 bridgehead atoms. The van der Waals surface area contributed by atoms with Gasteiger partial charge >= 0.3 is 5.97 Å². The van der Waals surface area contributed by atoms with Gasteiger partial charge in [0.25, 0.3) is 0 Å². The largest absolute Gasteiger partial charge is 0.466 e. The molecule has 0 aliphatic heterocycles. The van der Waals surface area contributed by atoms with Gasteiger partial charge in [0.05, 0.1) is 17.2 Å². The number of carbonyl (C=O) groups excluding carboxylic acids is 1. The molecule has 1 aromatic carbocycles. The second-order valence-corrected chi connectivity index (χ2v) is 5.14. The van der Waals surface area contributed by atoms with Crippen LogP contribution in [0.3, 0.4) is 0 Å². The van der Waals surface area contributed by atoms with Crippen LogP contribution in [0.15, 0.2) is 12.1 Å². The average Bonchev–Trinajstić information content (AvgIpc) is 2.31. The maximum atomic E-state index is 13.4. The summed E-state index contributed by atoms with van der Waals surface area (Å²) in [5.74, 6) is -1.09. The first-order chi connectivity index (χ1) is 8.77. The Balaban J connectivity index is 2.88. The SMILES string of the molecule is CCOC(=O)CCC(C)(O)c1cc(F)c(Cl)cc1Cl. The number of ether oxygens (including phenoxy) is 1. The van der Waals surface area contributed by atoms with E-state index in [1.165, 1.54) is 13.0 Å². The van der Waals surface area contributed by atoms with Gasteiger partial charge in [-0.25, -0.2) is 4.39 Å². The monoisotopic (exact) mass is 308 g/mol. The molecule has 1 N–H and O–H groups in total.